The van der Waals surface area contributed by atoms with Gasteiger partial charge in [-0.3, -0.25) is 14.5 Å². The molecule has 2 aliphatic rings. The average molecular weight is 498 g/mol. The fraction of sp³-hybridized carbons (Fsp3) is 0.444. The lowest BCUT2D eigenvalue weighted by molar-refractivity contribution is -0.125. The quantitative estimate of drug-likeness (QED) is 0.490. The van der Waals surface area contributed by atoms with Crippen molar-refractivity contribution in [3.63, 3.8) is 0 Å². The summed E-state index contributed by atoms with van der Waals surface area (Å²) in [4.78, 5) is 37.5. The van der Waals surface area contributed by atoms with Gasteiger partial charge in [0.1, 0.15) is 23.7 Å². The monoisotopic (exact) mass is 497 g/mol. The van der Waals surface area contributed by atoms with Gasteiger partial charge < -0.3 is 14.2 Å². The van der Waals surface area contributed by atoms with Crippen LogP contribution in [0.5, 0.6) is 11.5 Å². The van der Waals surface area contributed by atoms with Gasteiger partial charge in [-0.1, -0.05) is 23.9 Å². The van der Waals surface area contributed by atoms with E-state index in [0.717, 1.165) is 58.2 Å². The minimum atomic E-state index is -0.521. The summed E-state index contributed by atoms with van der Waals surface area (Å²) in [5, 5.41) is -0.201. The van der Waals surface area contributed by atoms with Crippen molar-refractivity contribution >= 4 is 28.9 Å². The largest absolute Gasteiger partial charge is 0.489 e. The van der Waals surface area contributed by atoms with Gasteiger partial charge in [-0.15, -0.1) is 0 Å². The molecular formula is C27H31NO6S. The number of esters is 1. The van der Waals surface area contributed by atoms with Gasteiger partial charge in [0.15, 0.2) is 0 Å². The van der Waals surface area contributed by atoms with Gasteiger partial charge in [-0.25, -0.2) is 4.79 Å². The van der Waals surface area contributed by atoms with E-state index in [2.05, 4.69) is 0 Å². The first-order chi connectivity index (χ1) is 16.6. The molecule has 0 aliphatic carbocycles. The van der Waals surface area contributed by atoms with Crippen molar-refractivity contribution in [2.24, 2.45) is 0 Å². The highest BCUT2D eigenvalue weighted by molar-refractivity contribution is 8.14. The highest BCUT2D eigenvalue weighted by Gasteiger charge is 2.36. The van der Waals surface area contributed by atoms with Crippen LogP contribution in [-0.4, -0.2) is 46.6 Å². The molecule has 35 heavy (non-hydrogen) atoms. The van der Waals surface area contributed by atoms with Gasteiger partial charge >= 0.3 is 5.97 Å². The number of hydrogen-bond acceptors (Lipinski definition) is 7. The smallest absolute Gasteiger partial charge is 0.338 e. The van der Waals surface area contributed by atoms with Gasteiger partial charge in [-0.05, 0) is 87.4 Å². The number of carbonyl (C=O) groups excluding carboxylic acids is 3. The number of thioether (sulfide) groups is 1. The summed E-state index contributed by atoms with van der Waals surface area (Å²) in [6.45, 7) is 10.7. The van der Waals surface area contributed by atoms with E-state index in [-0.39, 0.29) is 29.4 Å². The first-order valence-electron chi connectivity index (χ1n) is 11.8. The third-order valence-electron chi connectivity index (χ3n) is 6.76. The number of carbonyl (C=O) groups is 3. The molecule has 0 bridgehead atoms. The molecule has 1 fully saturated rings. The zero-order valence-corrected chi connectivity index (χ0v) is 21.7. The maximum atomic E-state index is 12.5. The Balaban J connectivity index is 1.44. The van der Waals surface area contributed by atoms with Crippen LogP contribution in [0.4, 0.5) is 4.79 Å². The van der Waals surface area contributed by atoms with Gasteiger partial charge in [0, 0.05) is 0 Å². The third-order valence-corrected chi connectivity index (χ3v) is 7.62. The molecule has 2 aromatic rings. The van der Waals surface area contributed by atoms with Gasteiger partial charge in [-0.2, -0.15) is 0 Å². The van der Waals surface area contributed by atoms with Crippen LogP contribution in [0.1, 0.15) is 58.4 Å². The number of hydrogen-bond donors (Lipinski definition) is 0. The van der Waals surface area contributed by atoms with Crippen molar-refractivity contribution in [2.45, 2.75) is 59.6 Å². The molecule has 4 rings (SSSR count). The molecule has 0 aromatic heterocycles. The molecule has 2 heterocycles. The van der Waals surface area contributed by atoms with E-state index in [0.29, 0.717) is 24.5 Å². The SMILES string of the molecule is CCOC(=O)c1c(C)c(C)c2c(c1C)CCC(C)(COc1ccc(CN3C(=O)CSC3=O)cc1)O2. The Bertz CT molecular complexity index is 1160. The Morgan fingerprint density at radius 3 is 2.46 bits per heavy atom. The van der Waals surface area contributed by atoms with Crippen LogP contribution < -0.4 is 9.47 Å². The summed E-state index contributed by atoms with van der Waals surface area (Å²) < 4.78 is 17.9. The first kappa shape index (κ1) is 25.1. The second kappa shape index (κ2) is 9.93. The van der Waals surface area contributed by atoms with Crippen molar-refractivity contribution in [2.75, 3.05) is 19.0 Å². The zero-order valence-electron chi connectivity index (χ0n) is 20.9. The fourth-order valence-electron chi connectivity index (χ4n) is 4.57. The molecule has 2 aromatic carbocycles. The predicted octanol–water partition coefficient (Wildman–Crippen LogP) is 5.15. The van der Waals surface area contributed by atoms with Gasteiger partial charge in [0.2, 0.25) is 5.91 Å². The number of nitrogens with zero attached hydrogens (tertiary/aromatic N) is 1. The summed E-state index contributed by atoms with van der Waals surface area (Å²) >= 11 is 1.04. The Labute approximate surface area is 210 Å². The number of fused-ring (bicyclic) bond motifs is 1. The summed E-state index contributed by atoms with van der Waals surface area (Å²) in [5.74, 6) is 1.30. The molecule has 186 valence electrons. The number of imide groups is 1. The molecule has 2 amide bonds. The summed E-state index contributed by atoms with van der Waals surface area (Å²) in [5.41, 5.74) is 4.81. The normalized spacial score (nSPS) is 19.4. The highest BCUT2D eigenvalue weighted by atomic mass is 32.2. The number of ether oxygens (including phenoxy) is 3. The highest BCUT2D eigenvalue weighted by Crippen LogP contribution is 2.41. The Hall–Kier alpha value is -3.00. The van der Waals surface area contributed by atoms with Crippen LogP contribution in [-0.2, 0) is 22.5 Å². The molecular weight excluding hydrogens is 466 g/mol. The fourth-order valence-corrected chi connectivity index (χ4v) is 5.29. The number of rotatable bonds is 7. The predicted molar refractivity (Wildman–Crippen MR) is 134 cm³/mol. The lowest BCUT2D eigenvalue weighted by Gasteiger charge is -2.38. The average Bonchev–Trinajstić information content (AvgIpc) is 3.14. The Morgan fingerprint density at radius 2 is 1.83 bits per heavy atom. The van der Waals surface area contributed by atoms with Crippen LogP contribution in [0.3, 0.4) is 0 Å². The molecule has 0 N–H and O–H groups in total. The molecule has 7 nitrogen and oxygen atoms in total. The summed E-state index contributed by atoms with van der Waals surface area (Å²) in [6.07, 6.45) is 1.53. The third kappa shape index (κ3) is 5.03. The van der Waals surface area contributed by atoms with E-state index in [1.165, 1.54) is 4.90 Å². The molecule has 8 heteroatoms. The molecule has 1 unspecified atom stereocenters. The maximum Gasteiger partial charge on any atom is 0.338 e. The molecule has 1 saturated heterocycles. The first-order valence-corrected chi connectivity index (χ1v) is 12.8. The molecule has 0 saturated carbocycles. The lowest BCUT2D eigenvalue weighted by Crippen LogP contribution is -2.42. The molecule has 0 spiro atoms. The van der Waals surface area contributed by atoms with Crippen molar-refractivity contribution in [1.29, 1.82) is 0 Å². The van der Waals surface area contributed by atoms with E-state index in [1.807, 2.05) is 58.9 Å². The number of benzene rings is 2. The maximum absolute atomic E-state index is 12.5. The van der Waals surface area contributed by atoms with Crippen LogP contribution in [0.2, 0.25) is 0 Å². The van der Waals surface area contributed by atoms with Crippen LogP contribution in [0.15, 0.2) is 24.3 Å². The molecule has 0 radical (unpaired) electrons. The Kier molecular flexibility index (Phi) is 7.12. The van der Waals surface area contributed by atoms with Crippen LogP contribution >= 0.6 is 11.8 Å². The zero-order chi connectivity index (χ0) is 25.3. The molecule has 2 aliphatic heterocycles. The van der Waals surface area contributed by atoms with Crippen molar-refractivity contribution < 1.29 is 28.6 Å². The lowest BCUT2D eigenvalue weighted by atomic mass is 9.85. The standard InChI is InChI=1S/C27H31NO6S/c1-6-32-25(30)23-16(2)17(3)24-21(18(23)4)11-12-27(5,34-24)15-33-20-9-7-19(8-10-20)13-28-22(29)14-35-26(28)31/h7-10H,6,11-15H2,1-5H3. The minimum Gasteiger partial charge on any atom is -0.489 e. The van der Waals surface area contributed by atoms with Gasteiger partial charge in [0.05, 0.1) is 24.5 Å². The van der Waals surface area contributed by atoms with E-state index < -0.39 is 5.60 Å². The van der Waals surface area contributed by atoms with E-state index in [4.69, 9.17) is 14.2 Å². The van der Waals surface area contributed by atoms with E-state index in [1.54, 1.807) is 0 Å². The van der Waals surface area contributed by atoms with Crippen molar-refractivity contribution in [3.8, 4) is 11.5 Å². The minimum absolute atomic E-state index is 0.155. The van der Waals surface area contributed by atoms with Crippen LogP contribution in [0.25, 0.3) is 0 Å². The topological polar surface area (TPSA) is 82.1 Å². The second-order valence-electron chi connectivity index (χ2n) is 9.30. The summed E-state index contributed by atoms with van der Waals surface area (Å²) in [6, 6.07) is 7.43. The molecule has 1 atom stereocenters. The number of amides is 2. The van der Waals surface area contributed by atoms with Gasteiger partial charge in [0.25, 0.3) is 5.24 Å². The van der Waals surface area contributed by atoms with Crippen LogP contribution in [0, 0.1) is 20.8 Å². The van der Waals surface area contributed by atoms with Crippen molar-refractivity contribution in [3.05, 3.63) is 57.6 Å². The second-order valence-corrected chi connectivity index (χ2v) is 10.2. The van der Waals surface area contributed by atoms with Crippen molar-refractivity contribution in [1.82, 2.24) is 4.90 Å². The van der Waals surface area contributed by atoms with E-state index >= 15 is 0 Å². The van der Waals surface area contributed by atoms with E-state index in [9.17, 15) is 14.4 Å². The Morgan fingerprint density at radius 1 is 1.11 bits per heavy atom. The summed E-state index contributed by atoms with van der Waals surface area (Å²) in [7, 11) is 0.